The summed E-state index contributed by atoms with van der Waals surface area (Å²) >= 11 is 0. The number of nitrogens with two attached hydrogens (primary N) is 1. The smallest absolute Gasteiger partial charge is 0.241 e. The summed E-state index contributed by atoms with van der Waals surface area (Å²) in [7, 11) is 0. The topological polar surface area (TPSA) is 60.0 Å². The Bertz CT molecular complexity index is 377. The Balaban J connectivity index is 2.02. The lowest BCUT2D eigenvalue weighted by atomic mass is 10.1. The average molecular weight is 221 g/mol. The Morgan fingerprint density at radius 3 is 2.50 bits per heavy atom. The first kappa shape index (κ1) is 11.2. The number of carbonyl (C=O) groups excluding carboxylic acids is 1. The molecule has 1 heterocycles. The van der Waals surface area contributed by atoms with Crippen LogP contribution in [0.25, 0.3) is 0 Å². The zero-order valence-corrected chi connectivity index (χ0v) is 9.86. The van der Waals surface area contributed by atoms with Crippen LogP contribution < -0.4 is 11.2 Å². The van der Waals surface area contributed by atoms with Crippen molar-refractivity contribution in [3.8, 4) is 0 Å². The van der Waals surface area contributed by atoms with Crippen LogP contribution in [0.3, 0.4) is 0 Å². The zero-order valence-electron chi connectivity index (χ0n) is 9.86. The number of amides is 1. The molecule has 3 N–H and O–H groups in total. The first-order valence-electron chi connectivity index (χ1n) is 5.79. The highest BCUT2D eigenvalue weighted by Crippen LogP contribution is 2.24. The van der Waals surface area contributed by atoms with E-state index < -0.39 is 0 Å². The van der Waals surface area contributed by atoms with Crippen molar-refractivity contribution in [1.29, 1.82) is 0 Å². The molecule has 2 atom stereocenters. The second-order valence-electron chi connectivity index (χ2n) is 4.70. The second-order valence-corrected chi connectivity index (χ2v) is 4.70. The molecule has 16 heavy (non-hydrogen) atoms. The summed E-state index contributed by atoms with van der Waals surface area (Å²) in [6.45, 7) is 3.96. The van der Waals surface area contributed by atoms with Gasteiger partial charge in [-0.1, -0.05) is 0 Å². The minimum Gasteiger partial charge on any atom is -0.328 e. The maximum atomic E-state index is 12.0. The lowest BCUT2D eigenvalue weighted by Crippen LogP contribution is -2.30. The van der Waals surface area contributed by atoms with Crippen LogP contribution in [0.4, 0.5) is 0 Å². The van der Waals surface area contributed by atoms with Gasteiger partial charge in [0.25, 0.3) is 0 Å². The minimum atomic E-state index is 0.0798. The summed E-state index contributed by atoms with van der Waals surface area (Å²) in [5.74, 6) is 0.173. The maximum Gasteiger partial charge on any atom is 0.241 e. The quantitative estimate of drug-likeness (QED) is 0.791. The van der Waals surface area contributed by atoms with Crippen molar-refractivity contribution < 1.29 is 4.79 Å². The number of nitrogens with one attached hydrogen (secondary N) is 1. The van der Waals surface area contributed by atoms with Gasteiger partial charge in [0, 0.05) is 23.3 Å². The van der Waals surface area contributed by atoms with E-state index in [1.807, 2.05) is 30.7 Å². The van der Waals surface area contributed by atoms with Crippen molar-refractivity contribution in [3.05, 3.63) is 23.5 Å². The molecule has 1 aliphatic carbocycles. The van der Waals surface area contributed by atoms with E-state index in [-0.39, 0.29) is 17.9 Å². The molecule has 4 nitrogen and oxygen atoms in total. The number of rotatable bonds is 2. The number of carbonyl (C=O) groups is 1. The molecular weight excluding hydrogens is 202 g/mol. The zero-order chi connectivity index (χ0) is 11.7. The number of hydrogen-bond acceptors (Lipinski definition) is 2. The fourth-order valence-electron chi connectivity index (χ4n) is 2.30. The SMILES string of the molecule is Cc1ccc(C)n1NC(=O)C1CCC(N)C1. The third-order valence-corrected chi connectivity index (χ3v) is 3.34. The fraction of sp³-hybridized carbons (Fsp3) is 0.583. The molecule has 1 aromatic heterocycles. The highest BCUT2D eigenvalue weighted by Gasteiger charge is 2.28. The molecule has 0 spiro atoms. The van der Waals surface area contributed by atoms with Crippen LogP contribution in [-0.2, 0) is 4.79 Å². The van der Waals surface area contributed by atoms with Gasteiger partial charge < -0.3 is 5.73 Å². The van der Waals surface area contributed by atoms with Gasteiger partial charge in [0.05, 0.1) is 0 Å². The predicted octanol–water partition coefficient (Wildman–Crippen LogP) is 1.30. The van der Waals surface area contributed by atoms with E-state index in [1.165, 1.54) is 0 Å². The van der Waals surface area contributed by atoms with E-state index in [0.29, 0.717) is 0 Å². The van der Waals surface area contributed by atoms with Crippen LogP contribution in [0, 0.1) is 19.8 Å². The van der Waals surface area contributed by atoms with Crippen molar-refractivity contribution in [2.45, 2.75) is 39.2 Å². The van der Waals surface area contributed by atoms with Crippen LogP contribution in [0.1, 0.15) is 30.7 Å². The third kappa shape index (κ3) is 2.11. The van der Waals surface area contributed by atoms with Gasteiger partial charge in [-0.15, -0.1) is 0 Å². The average Bonchev–Trinajstić information content (AvgIpc) is 2.79. The van der Waals surface area contributed by atoms with Crippen molar-refractivity contribution >= 4 is 5.91 Å². The van der Waals surface area contributed by atoms with Gasteiger partial charge in [-0.3, -0.25) is 14.9 Å². The monoisotopic (exact) mass is 221 g/mol. The number of hydrogen-bond donors (Lipinski definition) is 2. The van der Waals surface area contributed by atoms with Crippen molar-refractivity contribution in [2.24, 2.45) is 11.7 Å². The molecular formula is C12H19N3O. The lowest BCUT2D eigenvalue weighted by molar-refractivity contribution is -0.120. The highest BCUT2D eigenvalue weighted by molar-refractivity contribution is 5.86. The van der Waals surface area contributed by atoms with E-state index in [4.69, 9.17) is 5.73 Å². The van der Waals surface area contributed by atoms with Crippen LogP contribution in [0.15, 0.2) is 12.1 Å². The van der Waals surface area contributed by atoms with Crippen molar-refractivity contribution in [3.63, 3.8) is 0 Å². The lowest BCUT2D eigenvalue weighted by Gasteiger charge is -2.14. The number of aromatic nitrogens is 1. The Morgan fingerprint density at radius 1 is 1.38 bits per heavy atom. The minimum absolute atomic E-state index is 0.0798. The molecule has 1 fully saturated rings. The summed E-state index contributed by atoms with van der Waals surface area (Å²) in [5, 5.41) is 0. The van der Waals surface area contributed by atoms with E-state index in [2.05, 4.69) is 5.43 Å². The molecule has 0 saturated heterocycles. The van der Waals surface area contributed by atoms with Gasteiger partial charge in [-0.05, 0) is 45.2 Å². The molecule has 0 radical (unpaired) electrons. The molecule has 2 unspecified atom stereocenters. The van der Waals surface area contributed by atoms with E-state index in [1.54, 1.807) is 0 Å². The van der Waals surface area contributed by atoms with E-state index in [9.17, 15) is 4.79 Å². The van der Waals surface area contributed by atoms with Crippen LogP contribution in [0.5, 0.6) is 0 Å². The molecule has 2 rings (SSSR count). The Kier molecular flexibility index (Phi) is 3.01. The van der Waals surface area contributed by atoms with E-state index >= 15 is 0 Å². The van der Waals surface area contributed by atoms with Crippen LogP contribution >= 0.6 is 0 Å². The molecule has 88 valence electrons. The Labute approximate surface area is 95.8 Å². The van der Waals surface area contributed by atoms with Gasteiger partial charge in [0.2, 0.25) is 5.91 Å². The third-order valence-electron chi connectivity index (χ3n) is 3.34. The van der Waals surface area contributed by atoms with Crippen LogP contribution in [-0.4, -0.2) is 16.6 Å². The Morgan fingerprint density at radius 2 is 2.00 bits per heavy atom. The van der Waals surface area contributed by atoms with Crippen molar-refractivity contribution in [2.75, 3.05) is 5.43 Å². The summed E-state index contributed by atoms with van der Waals surface area (Å²) in [6.07, 6.45) is 2.68. The predicted molar refractivity (Wildman–Crippen MR) is 63.6 cm³/mol. The molecule has 1 amide bonds. The van der Waals surface area contributed by atoms with Crippen LogP contribution in [0.2, 0.25) is 0 Å². The number of aryl methyl sites for hydroxylation is 2. The Hall–Kier alpha value is -1.29. The molecule has 1 aliphatic rings. The number of nitrogens with zero attached hydrogens (tertiary/aromatic N) is 1. The fourth-order valence-corrected chi connectivity index (χ4v) is 2.30. The molecule has 0 bridgehead atoms. The van der Waals surface area contributed by atoms with Gasteiger partial charge in [-0.25, -0.2) is 0 Å². The van der Waals surface area contributed by atoms with Gasteiger partial charge in [0.1, 0.15) is 0 Å². The molecule has 0 aromatic carbocycles. The largest absolute Gasteiger partial charge is 0.328 e. The standard InChI is InChI=1S/C12H19N3O/c1-8-3-4-9(2)15(8)14-12(16)10-5-6-11(13)7-10/h3-4,10-11H,5-7,13H2,1-2H3,(H,14,16). The first-order chi connectivity index (χ1) is 7.58. The molecule has 0 aliphatic heterocycles. The van der Waals surface area contributed by atoms with Gasteiger partial charge in [0.15, 0.2) is 0 Å². The highest BCUT2D eigenvalue weighted by atomic mass is 16.2. The summed E-state index contributed by atoms with van der Waals surface area (Å²) < 4.78 is 1.84. The normalized spacial score (nSPS) is 24.7. The second kappa shape index (κ2) is 4.29. The summed E-state index contributed by atoms with van der Waals surface area (Å²) in [6, 6.07) is 4.19. The first-order valence-corrected chi connectivity index (χ1v) is 5.79. The molecule has 4 heteroatoms. The summed E-state index contributed by atoms with van der Waals surface area (Å²) in [5.41, 5.74) is 10.9. The molecule has 1 aromatic rings. The van der Waals surface area contributed by atoms with Gasteiger partial charge in [-0.2, -0.15) is 0 Å². The van der Waals surface area contributed by atoms with Gasteiger partial charge >= 0.3 is 0 Å². The maximum absolute atomic E-state index is 12.0. The van der Waals surface area contributed by atoms with Crippen molar-refractivity contribution in [1.82, 2.24) is 4.68 Å². The van der Waals surface area contributed by atoms with E-state index in [0.717, 1.165) is 30.7 Å². The molecule has 1 saturated carbocycles. The summed E-state index contributed by atoms with van der Waals surface area (Å²) in [4.78, 5) is 12.0.